The Morgan fingerprint density at radius 1 is 1.32 bits per heavy atom. The summed E-state index contributed by atoms with van der Waals surface area (Å²) in [5.41, 5.74) is 2.47. The molecule has 1 amide bonds. The van der Waals surface area contributed by atoms with Crippen LogP contribution in [-0.2, 0) is 11.3 Å². The first-order chi connectivity index (χ1) is 12.0. The second-order valence-electron chi connectivity index (χ2n) is 6.02. The summed E-state index contributed by atoms with van der Waals surface area (Å²) in [6, 6.07) is 9.79. The third kappa shape index (κ3) is 3.71. The molecule has 0 saturated heterocycles. The highest BCUT2D eigenvalue weighted by Gasteiger charge is 2.15. The quantitative estimate of drug-likeness (QED) is 0.764. The second-order valence-corrected chi connectivity index (χ2v) is 7.00. The van der Waals surface area contributed by atoms with Gasteiger partial charge >= 0.3 is 5.69 Å². The number of rotatable bonds is 5. The van der Waals surface area contributed by atoms with Crippen molar-refractivity contribution in [2.24, 2.45) is 0 Å². The largest absolute Gasteiger partial charge is 0.364 e. The fourth-order valence-corrected chi connectivity index (χ4v) is 3.39. The highest BCUT2D eigenvalue weighted by Crippen LogP contribution is 2.18. The third-order valence-electron chi connectivity index (χ3n) is 4.01. The van der Waals surface area contributed by atoms with Crippen LogP contribution in [0.4, 0.5) is 0 Å². The van der Waals surface area contributed by atoms with Gasteiger partial charge in [-0.15, -0.1) is 11.3 Å². The fraction of sp³-hybridized carbons (Fsp3) is 0.278. The van der Waals surface area contributed by atoms with Crippen LogP contribution in [0.2, 0.25) is 0 Å². The number of nitrogens with one attached hydrogen (secondary N) is 1. The molecule has 0 radical (unpaired) electrons. The van der Waals surface area contributed by atoms with Gasteiger partial charge in [-0.05, 0) is 49.4 Å². The zero-order chi connectivity index (χ0) is 18.0. The zero-order valence-electron chi connectivity index (χ0n) is 14.4. The Morgan fingerprint density at radius 2 is 2.12 bits per heavy atom. The summed E-state index contributed by atoms with van der Waals surface area (Å²) in [7, 11) is 0. The van der Waals surface area contributed by atoms with Crippen LogP contribution in [0.15, 0.2) is 46.8 Å². The summed E-state index contributed by atoms with van der Waals surface area (Å²) in [6.45, 7) is 5.79. The molecule has 6 nitrogen and oxygen atoms in total. The molecule has 1 unspecified atom stereocenters. The second kappa shape index (κ2) is 7.06. The van der Waals surface area contributed by atoms with Gasteiger partial charge < -0.3 is 5.32 Å². The molecule has 2 aromatic heterocycles. The van der Waals surface area contributed by atoms with Crippen LogP contribution in [0.25, 0.3) is 5.69 Å². The summed E-state index contributed by atoms with van der Waals surface area (Å²) in [5, 5.41) is 4.89. The molecular weight excluding hydrogens is 336 g/mol. The molecule has 3 aromatic rings. The van der Waals surface area contributed by atoms with E-state index in [1.807, 2.05) is 56.5 Å². The number of thiophene rings is 1. The molecule has 0 spiro atoms. The summed E-state index contributed by atoms with van der Waals surface area (Å²) in [5.74, 6) is -0.227. The van der Waals surface area contributed by atoms with Crippen LogP contribution in [0.3, 0.4) is 0 Å². The maximum absolute atomic E-state index is 12.4. The third-order valence-corrected chi connectivity index (χ3v) is 5.07. The van der Waals surface area contributed by atoms with Crippen molar-refractivity contribution in [3.8, 4) is 5.69 Å². The standard InChI is InChI=1S/C18H20N4O2S/c1-12-6-7-13(2)15(9-12)22-11-19-18(24)21(22)10-17(23)20-14(3)16-5-4-8-25-16/h4-9,11,14H,10H2,1-3H3,(H,20,23). The van der Waals surface area contributed by atoms with E-state index >= 15 is 0 Å². The van der Waals surface area contributed by atoms with E-state index in [1.165, 1.54) is 11.0 Å². The van der Waals surface area contributed by atoms with E-state index < -0.39 is 5.69 Å². The average molecular weight is 356 g/mol. The van der Waals surface area contributed by atoms with Crippen molar-refractivity contribution in [3.63, 3.8) is 0 Å². The van der Waals surface area contributed by atoms with Crippen molar-refractivity contribution >= 4 is 17.2 Å². The van der Waals surface area contributed by atoms with Gasteiger partial charge in [-0.2, -0.15) is 4.98 Å². The van der Waals surface area contributed by atoms with Gasteiger partial charge in [0.05, 0.1) is 11.7 Å². The lowest BCUT2D eigenvalue weighted by Crippen LogP contribution is -2.35. The van der Waals surface area contributed by atoms with Crippen molar-refractivity contribution in [3.05, 3.63) is 68.5 Å². The molecule has 0 aliphatic heterocycles. The van der Waals surface area contributed by atoms with Gasteiger partial charge in [0, 0.05) is 4.88 Å². The first-order valence-corrected chi connectivity index (χ1v) is 8.88. The van der Waals surface area contributed by atoms with Crippen molar-refractivity contribution in [2.75, 3.05) is 0 Å². The van der Waals surface area contributed by atoms with Gasteiger partial charge in [0.1, 0.15) is 12.9 Å². The number of carbonyl (C=O) groups is 1. The Labute approximate surface area is 149 Å². The molecule has 0 bridgehead atoms. The predicted octanol–water partition coefficient (Wildman–Crippen LogP) is 2.59. The maximum Gasteiger partial charge on any atom is 0.364 e. The SMILES string of the molecule is Cc1ccc(C)c(-n2cnc(=O)n2CC(=O)NC(C)c2cccs2)c1. The highest BCUT2D eigenvalue weighted by molar-refractivity contribution is 7.10. The molecule has 7 heteroatoms. The summed E-state index contributed by atoms with van der Waals surface area (Å²) >= 11 is 1.59. The van der Waals surface area contributed by atoms with Gasteiger partial charge in [-0.1, -0.05) is 18.2 Å². The summed E-state index contributed by atoms with van der Waals surface area (Å²) in [6.07, 6.45) is 1.46. The Morgan fingerprint density at radius 3 is 2.84 bits per heavy atom. The first-order valence-electron chi connectivity index (χ1n) is 8.00. The Hall–Kier alpha value is -2.67. The van der Waals surface area contributed by atoms with E-state index in [0.717, 1.165) is 21.7 Å². The van der Waals surface area contributed by atoms with Gasteiger partial charge in [0.25, 0.3) is 0 Å². The minimum atomic E-state index is -0.445. The topological polar surface area (TPSA) is 68.9 Å². The Balaban J connectivity index is 1.84. The minimum Gasteiger partial charge on any atom is -0.347 e. The smallest absolute Gasteiger partial charge is 0.347 e. The molecule has 1 N–H and O–H groups in total. The van der Waals surface area contributed by atoms with Crippen LogP contribution >= 0.6 is 11.3 Å². The van der Waals surface area contributed by atoms with Crippen LogP contribution in [-0.4, -0.2) is 20.3 Å². The number of hydrogen-bond donors (Lipinski definition) is 1. The predicted molar refractivity (Wildman–Crippen MR) is 98.2 cm³/mol. The van der Waals surface area contributed by atoms with E-state index in [9.17, 15) is 9.59 Å². The lowest BCUT2D eigenvalue weighted by Gasteiger charge is -2.15. The molecule has 25 heavy (non-hydrogen) atoms. The number of amides is 1. The van der Waals surface area contributed by atoms with Crippen LogP contribution in [0.1, 0.15) is 29.0 Å². The maximum atomic E-state index is 12.4. The molecule has 0 fully saturated rings. The van der Waals surface area contributed by atoms with Gasteiger partial charge in [-0.3, -0.25) is 4.79 Å². The van der Waals surface area contributed by atoms with E-state index in [0.29, 0.717) is 0 Å². The van der Waals surface area contributed by atoms with Gasteiger partial charge in [0.2, 0.25) is 5.91 Å². The fourth-order valence-electron chi connectivity index (χ4n) is 2.66. The number of aromatic nitrogens is 3. The monoisotopic (exact) mass is 356 g/mol. The summed E-state index contributed by atoms with van der Waals surface area (Å²) in [4.78, 5) is 29.4. The Bertz CT molecular complexity index is 940. The van der Waals surface area contributed by atoms with Crippen molar-refractivity contribution in [1.82, 2.24) is 19.7 Å². The van der Waals surface area contributed by atoms with Crippen LogP contribution in [0, 0.1) is 13.8 Å². The average Bonchev–Trinajstić information content (AvgIpc) is 3.21. The van der Waals surface area contributed by atoms with E-state index in [1.54, 1.807) is 16.0 Å². The van der Waals surface area contributed by atoms with E-state index in [4.69, 9.17) is 0 Å². The molecule has 0 saturated carbocycles. The molecule has 130 valence electrons. The van der Waals surface area contributed by atoms with Gasteiger partial charge in [-0.25, -0.2) is 14.2 Å². The first kappa shape index (κ1) is 17.2. The van der Waals surface area contributed by atoms with E-state index in [-0.39, 0.29) is 18.5 Å². The number of carbonyl (C=O) groups excluding carboxylic acids is 1. The van der Waals surface area contributed by atoms with Crippen molar-refractivity contribution in [2.45, 2.75) is 33.4 Å². The van der Waals surface area contributed by atoms with Crippen molar-refractivity contribution < 1.29 is 4.79 Å². The number of hydrogen-bond acceptors (Lipinski definition) is 4. The lowest BCUT2D eigenvalue weighted by atomic mass is 10.1. The highest BCUT2D eigenvalue weighted by atomic mass is 32.1. The molecule has 0 aliphatic carbocycles. The molecule has 2 heterocycles. The van der Waals surface area contributed by atoms with Crippen molar-refractivity contribution in [1.29, 1.82) is 0 Å². The summed E-state index contributed by atoms with van der Waals surface area (Å²) < 4.78 is 2.98. The lowest BCUT2D eigenvalue weighted by molar-refractivity contribution is -0.122. The number of aryl methyl sites for hydroxylation is 2. The minimum absolute atomic E-state index is 0.0814. The van der Waals surface area contributed by atoms with Crippen LogP contribution in [0.5, 0.6) is 0 Å². The molecular formula is C18H20N4O2S. The molecule has 3 rings (SSSR count). The molecule has 1 atom stereocenters. The normalized spacial score (nSPS) is 12.1. The van der Waals surface area contributed by atoms with Crippen LogP contribution < -0.4 is 11.0 Å². The van der Waals surface area contributed by atoms with E-state index in [2.05, 4.69) is 10.3 Å². The van der Waals surface area contributed by atoms with Gasteiger partial charge in [0.15, 0.2) is 0 Å². The zero-order valence-corrected chi connectivity index (χ0v) is 15.2. The number of nitrogens with zero attached hydrogens (tertiary/aromatic N) is 3. The molecule has 1 aromatic carbocycles. The molecule has 0 aliphatic rings. The Kier molecular flexibility index (Phi) is 4.85. The number of benzene rings is 1.